The number of carbonyl (C=O) groups excluding carboxylic acids is 2. The average molecular weight is 437 g/mol. The van der Waals surface area contributed by atoms with Crippen LogP contribution >= 0.6 is 0 Å². The van der Waals surface area contributed by atoms with Crippen LogP contribution in [0, 0.1) is 19.7 Å². The highest BCUT2D eigenvalue weighted by Gasteiger charge is 2.30. The predicted octanol–water partition coefficient (Wildman–Crippen LogP) is 3.11. The Morgan fingerprint density at radius 3 is 2.33 bits per heavy atom. The lowest BCUT2D eigenvalue weighted by molar-refractivity contribution is 0.0587. The third-order valence-corrected chi connectivity index (χ3v) is 6.67. The average Bonchev–Trinajstić information content (AvgIpc) is 2.96. The zero-order valence-electron chi connectivity index (χ0n) is 17.4. The van der Waals surface area contributed by atoms with Crippen molar-refractivity contribution in [2.24, 2.45) is 0 Å². The van der Waals surface area contributed by atoms with Gasteiger partial charge in [-0.15, -0.1) is 6.58 Å². The predicted molar refractivity (Wildman–Crippen MR) is 111 cm³/mol. The number of carbonyl (C=O) groups is 2. The van der Waals surface area contributed by atoms with Gasteiger partial charge in [0, 0.05) is 24.3 Å². The molecular formula is C21H25FN2O5S. The summed E-state index contributed by atoms with van der Waals surface area (Å²) in [6, 6.07) is 4.37. The van der Waals surface area contributed by atoms with Gasteiger partial charge in [0.15, 0.2) is 5.78 Å². The van der Waals surface area contributed by atoms with Crippen molar-refractivity contribution < 1.29 is 27.1 Å². The van der Waals surface area contributed by atoms with Crippen molar-refractivity contribution in [3.63, 3.8) is 0 Å². The molecule has 0 N–H and O–H groups in total. The van der Waals surface area contributed by atoms with Gasteiger partial charge in [0.2, 0.25) is 10.0 Å². The minimum absolute atomic E-state index is 0.109. The normalized spacial score (nSPS) is 11.5. The molecule has 30 heavy (non-hydrogen) atoms. The second-order valence-corrected chi connectivity index (χ2v) is 8.57. The number of ketones is 1. The molecule has 1 aromatic heterocycles. The molecule has 0 spiro atoms. The van der Waals surface area contributed by atoms with Crippen LogP contribution in [-0.2, 0) is 21.3 Å². The monoisotopic (exact) mass is 436 g/mol. The van der Waals surface area contributed by atoms with E-state index in [9.17, 15) is 22.4 Å². The van der Waals surface area contributed by atoms with E-state index in [0.717, 1.165) is 28.6 Å². The maximum atomic E-state index is 13.2. The van der Waals surface area contributed by atoms with Crippen molar-refractivity contribution in [2.75, 3.05) is 20.2 Å². The lowest BCUT2D eigenvalue weighted by Gasteiger charge is -2.20. The Morgan fingerprint density at radius 2 is 1.83 bits per heavy atom. The summed E-state index contributed by atoms with van der Waals surface area (Å²) in [5.74, 6) is -1.60. The molecule has 2 aromatic rings. The number of aromatic nitrogens is 1. The number of halogens is 1. The summed E-state index contributed by atoms with van der Waals surface area (Å²) >= 11 is 0. The highest BCUT2D eigenvalue weighted by molar-refractivity contribution is 7.89. The molecule has 0 fully saturated rings. The standard InChI is InChI=1S/C21H25FN2O5S/c1-6-12-23(30(27,28)17-10-8-16(22)9-11-17)13-18(25)19-14(3)20(21(26)29-5)24(7-2)15(19)4/h6,8-11H,1,7,12-13H2,2-5H3. The lowest BCUT2D eigenvalue weighted by atomic mass is 10.1. The Bertz CT molecular complexity index is 1070. The zero-order valence-corrected chi connectivity index (χ0v) is 18.3. The smallest absolute Gasteiger partial charge is 0.354 e. The minimum atomic E-state index is -4.06. The number of nitrogens with zero attached hydrogens (tertiary/aromatic N) is 2. The summed E-state index contributed by atoms with van der Waals surface area (Å²) in [6.07, 6.45) is 1.37. The van der Waals surface area contributed by atoms with Crippen molar-refractivity contribution in [1.29, 1.82) is 0 Å². The molecule has 0 aliphatic carbocycles. The van der Waals surface area contributed by atoms with Gasteiger partial charge in [0.25, 0.3) is 0 Å². The second-order valence-electron chi connectivity index (χ2n) is 6.63. The molecule has 1 heterocycles. The maximum absolute atomic E-state index is 13.2. The van der Waals surface area contributed by atoms with Gasteiger partial charge >= 0.3 is 5.97 Å². The van der Waals surface area contributed by atoms with Gasteiger partial charge in [-0.2, -0.15) is 4.31 Å². The Morgan fingerprint density at radius 1 is 1.23 bits per heavy atom. The quantitative estimate of drug-likeness (QED) is 0.343. The van der Waals surface area contributed by atoms with E-state index >= 15 is 0 Å². The molecular weight excluding hydrogens is 411 g/mol. The number of hydrogen-bond donors (Lipinski definition) is 0. The summed E-state index contributed by atoms with van der Waals surface area (Å²) < 4.78 is 46.6. The third kappa shape index (κ3) is 4.36. The fourth-order valence-electron chi connectivity index (χ4n) is 3.45. The Kier molecular flexibility index (Phi) is 7.33. The molecule has 1 aromatic carbocycles. The summed E-state index contributed by atoms with van der Waals surface area (Å²) in [5, 5.41) is 0. The van der Waals surface area contributed by atoms with Crippen molar-refractivity contribution in [2.45, 2.75) is 32.2 Å². The highest BCUT2D eigenvalue weighted by atomic mass is 32.2. The summed E-state index contributed by atoms with van der Waals surface area (Å²) in [5.41, 5.74) is 1.53. The fourth-order valence-corrected chi connectivity index (χ4v) is 4.81. The molecule has 0 aliphatic rings. The van der Waals surface area contributed by atoms with Gasteiger partial charge in [0.1, 0.15) is 11.5 Å². The molecule has 0 amide bonds. The van der Waals surface area contributed by atoms with E-state index in [-0.39, 0.29) is 22.7 Å². The van der Waals surface area contributed by atoms with Gasteiger partial charge in [0.05, 0.1) is 18.6 Å². The molecule has 0 aliphatic heterocycles. The van der Waals surface area contributed by atoms with Crippen LogP contribution in [-0.4, -0.2) is 49.2 Å². The molecule has 162 valence electrons. The van der Waals surface area contributed by atoms with Crippen LogP contribution < -0.4 is 0 Å². The van der Waals surface area contributed by atoms with Crippen LogP contribution in [0.4, 0.5) is 4.39 Å². The van der Waals surface area contributed by atoms with E-state index in [1.165, 1.54) is 13.2 Å². The third-order valence-electron chi connectivity index (χ3n) is 4.84. The van der Waals surface area contributed by atoms with Gasteiger partial charge < -0.3 is 9.30 Å². The molecule has 0 saturated carbocycles. The first kappa shape index (κ1) is 23.5. The number of sulfonamides is 1. The van der Waals surface area contributed by atoms with Crippen LogP contribution in [0.1, 0.15) is 39.0 Å². The second kappa shape index (κ2) is 9.36. The number of benzene rings is 1. The van der Waals surface area contributed by atoms with E-state index in [4.69, 9.17) is 4.74 Å². The van der Waals surface area contributed by atoms with Crippen LogP contribution in [0.5, 0.6) is 0 Å². The van der Waals surface area contributed by atoms with Crippen LogP contribution in [0.15, 0.2) is 41.8 Å². The number of ether oxygens (including phenoxy) is 1. The van der Waals surface area contributed by atoms with E-state index in [2.05, 4.69) is 6.58 Å². The van der Waals surface area contributed by atoms with E-state index in [0.29, 0.717) is 17.8 Å². The fraction of sp³-hybridized carbons (Fsp3) is 0.333. The van der Waals surface area contributed by atoms with E-state index < -0.39 is 34.1 Å². The molecule has 7 nitrogen and oxygen atoms in total. The Balaban J connectivity index is 2.47. The SMILES string of the molecule is C=CCN(CC(=O)c1c(C)c(C(=O)OC)n(CC)c1C)S(=O)(=O)c1ccc(F)cc1. The highest BCUT2D eigenvalue weighted by Crippen LogP contribution is 2.25. The Hall–Kier alpha value is -2.78. The number of hydrogen-bond acceptors (Lipinski definition) is 5. The summed E-state index contributed by atoms with van der Waals surface area (Å²) in [7, 11) is -2.81. The molecule has 9 heteroatoms. The largest absolute Gasteiger partial charge is 0.464 e. The van der Waals surface area contributed by atoms with Gasteiger partial charge in [-0.3, -0.25) is 4.79 Å². The summed E-state index contributed by atoms with van der Waals surface area (Å²) in [6.45, 7) is 8.59. The molecule has 0 atom stereocenters. The maximum Gasteiger partial charge on any atom is 0.354 e. The molecule has 0 unspecified atom stereocenters. The van der Waals surface area contributed by atoms with Gasteiger partial charge in [-0.05, 0) is 50.6 Å². The molecule has 0 bridgehead atoms. The first-order valence-electron chi connectivity index (χ1n) is 9.27. The van der Waals surface area contributed by atoms with Crippen LogP contribution in [0.3, 0.4) is 0 Å². The Labute approximate surface area is 175 Å². The lowest BCUT2D eigenvalue weighted by Crippen LogP contribution is -2.36. The van der Waals surface area contributed by atoms with Crippen molar-refractivity contribution in [3.8, 4) is 0 Å². The number of methoxy groups -OCH3 is 1. The van der Waals surface area contributed by atoms with Gasteiger partial charge in [-0.25, -0.2) is 17.6 Å². The first-order valence-corrected chi connectivity index (χ1v) is 10.7. The molecule has 2 rings (SSSR count). The van der Waals surface area contributed by atoms with Crippen LogP contribution in [0.2, 0.25) is 0 Å². The van der Waals surface area contributed by atoms with E-state index in [1.54, 1.807) is 18.4 Å². The van der Waals surface area contributed by atoms with E-state index in [1.807, 2.05) is 6.92 Å². The summed E-state index contributed by atoms with van der Waals surface area (Å²) in [4.78, 5) is 25.2. The molecule has 0 saturated heterocycles. The van der Waals surface area contributed by atoms with Crippen LogP contribution in [0.25, 0.3) is 0 Å². The number of rotatable bonds is 9. The first-order chi connectivity index (χ1) is 14.1. The number of Topliss-reactive ketones (excluding diaryl/α,β-unsaturated/α-hetero) is 1. The van der Waals surface area contributed by atoms with Crippen molar-refractivity contribution in [1.82, 2.24) is 8.87 Å². The van der Waals surface area contributed by atoms with Gasteiger partial charge in [-0.1, -0.05) is 6.08 Å². The van der Waals surface area contributed by atoms with Crippen molar-refractivity contribution >= 4 is 21.8 Å². The number of esters is 1. The topological polar surface area (TPSA) is 85.7 Å². The minimum Gasteiger partial charge on any atom is -0.464 e. The zero-order chi connectivity index (χ0) is 22.6. The molecule has 0 radical (unpaired) electrons. The van der Waals surface area contributed by atoms with Crippen molar-refractivity contribution in [3.05, 3.63) is 65.3 Å².